The van der Waals surface area contributed by atoms with Gasteiger partial charge in [0.15, 0.2) is 0 Å². The zero-order valence-electron chi connectivity index (χ0n) is 11.4. The van der Waals surface area contributed by atoms with Crippen LogP contribution in [0.1, 0.15) is 45.4 Å². The lowest BCUT2D eigenvalue weighted by molar-refractivity contribution is -0.134. The highest BCUT2D eigenvalue weighted by molar-refractivity contribution is 7.99. The number of fused-ring (bicyclic) bond motifs is 1. The van der Waals surface area contributed by atoms with Gasteiger partial charge in [0.25, 0.3) is 0 Å². The van der Waals surface area contributed by atoms with E-state index < -0.39 is 0 Å². The SMILES string of the molecule is CC(N)CSCC(=O)N1CCCC2CCCCC21. The maximum Gasteiger partial charge on any atom is 0.232 e. The van der Waals surface area contributed by atoms with Gasteiger partial charge in [-0.05, 0) is 38.5 Å². The molecule has 3 atom stereocenters. The second-order valence-corrected chi connectivity index (χ2v) is 6.86. The van der Waals surface area contributed by atoms with Gasteiger partial charge in [0.1, 0.15) is 0 Å². The molecule has 0 spiro atoms. The number of piperidine rings is 1. The van der Waals surface area contributed by atoms with E-state index in [1.807, 2.05) is 6.92 Å². The third-order valence-electron chi connectivity index (χ3n) is 4.17. The van der Waals surface area contributed by atoms with E-state index in [1.165, 1.54) is 38.5 Å². The van der Waals surface area contributed by atoms with Gasteiger partial charge in [0, 0.05) is 24.4 Å². The Morgan fingerprint density at radius 1 is 1.33 bits per heavy atom. The fraction of sp³-hybridized carbons (Fsp3) is 0.929. The lowest BCUT2D eigenvalue weighted by atomic mass is 9.78. The molecule has 1 heterocycles. The first-order valence-corrected chi connectivity index (χ1v) is 8.46. The Bertz CT molecular complexity index is 281. The third-order valence-corrected chi connectivity index (χ3v) is 5.38. The fourth-order valence-corrected chi connectivity index (χ4v) is 4.18. The van der Waals surface area contributed by atoms with Crippen molar-refractivity contribution in [3.63, 3.8) is 0 Å². The molecular formula is C14H26N2OS. The Labute approximate surface area is 115 Å². The second-order valence-electron chi connectivity index (χ2n) is 5.83. The summed E-state index contributed by atoms with van der Waals surface area (Å²) in [5, 5.41) is 0. The lowest BCUT2D eigenvalue weighted by Crippen LogP contribution is -2.50. The molecule has 3 unspecified atom stereocenters. The molecule has 2 N–H and O–H groups in total. The molecule has 4 heteroatoms. The van der Waals surface area contributed by atoms with Gasteiger partial charge >= 0.3 is 0 Å². The number of thioether (sulfide) groups is 1. The predicted molar refractivity (Wildman–Crippen MR) is 77.7 cm³/mol. The predicted octanol–water partition coefficient (Wildman–Crippen LogP) is 2.25. The quantitative estimate of drug-likeness (QED) is 0.852. The molecule has 18 heavy (non-hydrogen) atoms. The number of hydrogen-bond donors (Lipinski definition) is 1. The van der Waals surface area contributed by atoms with Gasteiger partial charge in [-0.1, -0.05) is 12.8 Å². The van der Waals surface area contributed by atoms with E-state index in [-0.39, 0.29) is 6.04 Å². The Hall–Kier alpha value is -0.220. The van der Waals surface area contributed by atoms with Crippen molar-refractivity contribution in [2.75, 3.05) is 18.1 Å². The Morgan fingerprint density at radius 2 is 2.06 bits per heavy atom. The van der Waals surface area contributed by atoms with E-state index in [4.69, 9.17) is 5.73 Å². The Balaban J connectivity index is 1.84. The smallest absolute Gasteiger partial charge is 0.232 e. The largest absolute Gasteiger partial charge is 0.339 e. The van der Waals surface area contributed by atoms with Crippen LogP contribution in [0.4, 0.5) is 0 Å². The van der Waals surface area contributed by atoms with Crippen molar-refractivity contribution in [3.05, 3.63) is 0 Å². The molecule has 2 rings (SSSR count). The summed E-state index contributed by atoms with van der Waals surface area (Å²) in [6, 6.07) is 0.738. The van der Waals surface area contributed by atoms with E-state index in [1.54, 1.807) is 11.8 Å². The lowest BCUT2D eigenvalue weighted by Gasteiger charge is -2.44. The summed E-state index contributed by atoms with van der Waals surface area (Å²) >= 11 is 1.69. The monoisotopic (exact) mass is 270 g/mol. The van der Waals surface area contributed by atoms with Crippen molar-refractivity contribution in [1.82, 2.24) is 4.90 Å². The molecule has 1 amide bonds. The van der Waals surface area contributed by atoms with Crippen LogP contribution in [0, 0.1) is 5.92 Å². The van der Waals surface area contributed by atoms with Crippen LogP contribution in [0.2, 0.25) is 0 Å². The van der Waals surface area contributed by atoms with Crippen molar-refractivity contribution in [2.24, 2.45) is 11.7 Å². The van der Waals surface area contributed by atoms with E-state index >= 15 is 0 Å². The second kappa shape index (κ2) is 6.80. The molecule has 2 fully saturated rings. The Kier molecular flexibility index (Phi) is 5.37. The molecule has 2 aliphatic rings. The highest BCUT2D eigenvalue weighted by atomic mass is 32.2. The first kappa shape index (κ1) is 14.2. The van der Waals surface area contributed by atoms with E-state index in [0.29, 0.717) is 17.7 Å². The molecule has 0 radical (unpaired) electrons. The summed E-state index contributed by atoms with van der Waals surface area (Å²) in [6.07, 6.45) is 7.77. The van der Waals surface area contributed by atoms with Crippen LogP contribution < -0.4 is 5.73 Å². The molecule has 0 bridgehead atoms. The highest BCUT2D eigenvalue weighted by Gasteiger charge is 2.35. The maximum atomic E-state index is 12.3. The minimum Gasteiger partial charge on any atom is -0.339 e. The van der Waals surface area contributed by atoms with Crippen molar-refractivity contribution in [1.29, 1.82) is 0 Å². The zero-order valence-corrected chi connectivity index (χ0v) is 12.3. The molecule has 1 saturated carbocycles. The molecule has 1 saturated heterocycles. The van der Waals surface area contributed by atoms with Crippen molar-refractivity contribution >= 4 is 17.7 Å². The summed E-state index contributed by atoms with van der Waals surface area (Å²) in [5.74, 6) is 2.63. The molecule has 104 valence electrons. The maximum absolute atomic E-state index is 12.3. The number of carbonyl (C=O) groups is 1. The molecule has 0 aromatic rings. The first-order valence-electron chi connectivity index (χ1n) is 7.31. The van der Waals surface area contributed by atoms with Gasteiger partial charge in [-0.2, -0.15) is 11.8 Å². The summed E-state index contributed by atoms with van der Waals surface area (Å²) in [4.78, 5) is 14.5. The van der Waals surface area contributed by atoms with E-state index in [0.717, 1.165) is 18.2 Å². The first-order chi connectivity index (χ1) is 8.68. The molecule has 1 aliphatic carbocycles. The normalized spacial score (nSPS) is 29.8. The van der Waals surface area contributed by atoms with Gasteiger partial charge in [0.05, 0.1) is 5.75 Å². The summed E-state index contributed by atoms with van der Waals surface area (Å²) in [5.41, 5.74) is 5.72. The van der Waals surface area contributed by atoms with Crippen LogP contribution in [0.15, 0.2) is 0 Å². The number of hydrogen-bond acceptors (Lipinski definition) is 3. The minimum absolute atomic E-state index is 0.187. The molecule has 1 aliphatic heterocycles. The van der Waals surface area contributed by atoms with Gasteiger partial charge in [-0.3, -0.25) is 4.79 Å². The average Bonchev–Trinajstić information content (AvgIpc) is 2.37. The highest BCUT2D eigenvalue weighted by Crippen LogP contribution is 2.35. The number of amides is 1. The van der Waals surface area contributed by atoms with Crippen LogP contribution in [-0.4, -0.2) is 40.9 Å². The fourth-order valence-electron chi connectivity index (χ4n) is 3.35. The molecule has 3 nitrogen and oxygen atoms in total. The van der Waals surface area contributed by atoms with Crippen LogP contribution >= 0.6 is 11.8 Å². The summed E-state index contributed by atoms with van der Waals surface area (Å²) in [6.45, 7) is 2.98. The van der Waals surface area contributed by atoms with Gasteiger partial charge in [-0.25, -0.2) is 0 Å². The van der Waals surface area contributed by atoms with E-state index in [9.17, 15) is 4.79 Å². The van der Waals surface area contributed by atoms with Gasteiger partial charge in [-0.15, -0.1) is 0 Å². The van der Waals surface area contributed by atoms with Crippen LogP contribution in [0.5, 0.6) is 0 Å². The van der Waals surface area contributed by atoms with Crippen LogP contribution in [0.3, 0.4) is 0 Å². The standard InChI is InChI=1S/C14H26N2OS/c1-11(15)9-18-10-14(17)16-8-4-6-12-5-2-3-7-13(12)16/h11-13H,2-10,15H2,1H3. The average molecular weight is 270 g/mol. The van der Waals surface area contributed by atoms with Crippen molar-refractivity contribution in [2.45, 2.75) is 57.5 Å². The van der Waals surface area contributed by atoms with Gasteiger partial charge in [0.2, 0.25) is 5.91 Å². The molecule has 0 aromatic heterocycles. The number of nitrogens with zero attached hydrogens (tertiary/aromatic N) is 1. The number of nitrogens with two attached hydrogens (primary N) is 1. The topological polar surface area (TPSA) is 46.3 Å². The van der Waals surface area contributed by atoms with Crippen LogP contribution in [-0.2, 0) is 4.79 Å². The van der Waals surface area contributed by atoms with Crippen molar-refractivity contribution in [3.8, 4) is 0 Å². The summed E-state index contributed by atoms with van der Waals surface area (Å²) < 4.78 is 0. The minimum atomic E-state index is 0.187. The van der Waals surface area contributed by atoms with Crippen LogP contribution in [0.25, 0.3) is 0 Å². The number of likely N-dealkylation sites (tertiary alicyclic amines) is 1. The van der Waals surface area contributed by atoms with Gasteiger partial charge < -0.3 is 10.6 Å². The van der Waals surface area contributed by atoms with Crippen molar-refractivity contribution < 1.29 is 4.79 Å². The molecule has 0 aromatic carbocycles. The zero-order chi connectivity index (χ0) is 13.0. The third kappa shape index (κ3) is 3.64. The Morgan fingerprint density at radius 3 is 2.83 bits per heavy atom. The summed E-state index contributed by atoms with van der Waals surface area (Å²) in [7, 11) is 0. The number of carbonyl (C=O) groups excluding carboxylic acids is 1. The van der Waals surface area contributed by atoms with E-state index in [2.05, 4.69) is 4.90 Å². The molecular weight excluding hydrogens is 244 g/mol. The number of rotatable bonds is 4.